The zero-order chi connectivity index (χ0) is 20.9. The normalized spacial score (nSPS) is 11.0. The molecule has 0 bridgehead atoms. The third-order valence-corrected chi connectivity index (χ3v) is 6.03. The van der Waals surface area contributed by atoms with Gasteiger partial charge in [-0.25, -0.2) is 4.98 Å². The number of carbonyl (C=O) groups is 1. The van der Waals surface area contributed by atoms with Crippen molar-refractivity contribution >= 4 is 39.1 Å². The Morgan fingerprint density at radius 1 is 1.10 bits per heavy atom. The Bertz CT molecular complexity index is 1220. The molecule has 1 N–H and O–H groups in total. The predicted octanol–water partition coefficient (Wildman–Crippen LogP) is 4.53. The lowest BCUT2D eigenvalue weighted by Gasteiger charge is -2.08. The number of carbonyl (C=O) groups excluding carboxylic acids is 1. The maximum atomic E-state index is 12.8. The summed E-state index contributed by atoms with van der Waals surface area (Å²) in [7, 11) is 0. The van der Waals surface area contributed by atoms with Crippen LogP contribution in [-0.4, -0.2) is 22.0 Å². The molecule has 4 rings (SSSR count). The topological polar surface area (TPSA) is 64.0 Å². The van der Waals surface area contributed by atoms with Gasteiger partial charge >= 0.3 is 0 Å². The van der Waals surface area contributed by atoms with Gasteiger partial charge in [0.2, 0.25) is 5.91 Å². The zero-order valence-corrected chi connectivity index (χ0v) is 17.7. The Balaban J connectivity index is 1.41. The van der Waals surface area contributed by atoms with Crippen molar-refractivity contribution in [3.05, 3.63) is 87.2 Å². The first kappa shape index (κ1) is 20.3. The SMILES string of the molecule is O=C(Cn1cnc2c(-c3ccc(Cl)cc3)csc2c1=O)NCCCc1ccccc1. The second-order valence-electron chi connectivity index (χ2n) is 6.95. The molecule has 0 saturated heterocycles. The number of thiophene rings is 1. The molecule has 0 fully saturated rings. The highest BCUT2D eigenvalue weighted by molar-refractivity contribution is 7.17. The second kappa shape index (κ2) is 9.24. The van der Waals surface area contributed by atoms with E-state index in [0.29, 0.717) is 21.8 Å². The molecule has 0 atom stereocenters. The molecule has 0 saturated carbocycles. The summed E-state index contributed by atoms with van der Waals surface area (Å²) in [5, 5.41) is 5.45. The van der Waals surface area contributed by atoms with Crippen LogP contribution in [0.1, 0.15) is 12.0 Å². The van der Waals surface area contributed by atoms with Gasteiger partial charge in [-0.15, -0.1) is 11.3 Å². The van der Waals surface area contributed by atoms with Crippen LogP contribution >= 0.6 is 22.9 Å². The number of benzene rings is 2. The van der Waals surface area contributed by atoms with E-state index < -0.39 is 0 Å². The Labute approximate surface area is 183 Å². The molecule has 30 heavy (non-hydrogen) atoms. The Morgan fingerprint density at radius 3 is 2.63 bits per heavy atom. The molecule has 2 aromatic carbocycles. The summed E-state index contributed by atoms with van der Waals surface area (Å²) in [4.78, 5) is 29.5. The van der Waals surface area contributed by atoms with Crippen LogP contribution < -0.4 is 10.9 Å². The fourth-order valence-electron chi connectivity index (χ4n) is 3.26. The van der Waals surface area contributed by atoms with Gasteiger partial charge in [0.15, 0.2) is 0 Å². The van der Waals surface area contributed by atoms with Crippen LogP contribution in [0.4, 0.5) is 0 Å². The summed E-state index contributed by atoms with van der Waals surface area (Å²) >= 11 is 7.30. The first-order valence-corrected chi connectivity index (χ1v) is 10.9. The molecule has 0 aliphatic rings. The third kappa shape index (κ3) is 4.61. The van der Waals surface area contributed by atoms with Crippen molar-refractivity contribution in [2.45, 2.75) is 19.4 Å². The number of aryl methyl sites for hydroxylation is 1. The van der Waals surface area contributed by atoms with Crippen LogP contribution in [-0.2, 0) is 17.8 Å². The van der Waals surface area contributed by atoms with Gasteiger partial charge in [-0.05, 0) is 36.1 Å². The smallest absolute Gasteiger partial charge is 0.271 e. The predicted molar refractivity (Wildman–Crippen MR) is 122 cm³/mol. The Kier molecular flexibility index (Phi) is 6.26. The van der Waals surface area contributed by atoms with Crippen molar-refractivity contribution in [3.8, 4) is 11.1 Å². The van der Waals surface area contributed by atoms with E-state index in [0.717, 1.165) is 24.0 Å². The van der Waals surface area contributed by atoms with Crippen LogP contribution in [0.5, 0.6) is 0 Å². The molecule has 5 nitrogen and oxygen atoms in total. The molecular weight excluding hydrogens is 418 g/mol. The highest BCUT2D eigenvalue weighted by Gasteiger charge is 2.14. The Hall–Kier alpha value is -2.96. The van der Waals surface area contributed by atoms with Crippen LogP contribution in [0, 0.1) is 0 Å². The van der Waals surface area contributed by atoms with E-state index in [1.54, 1.807) is 0 Å². The van der Waals surface area contributed by atoms with Crippen LogP contribution in [0.15, 0.2) is 71.1 Å². The number of hydrogen-bond acceptors (Lipinski definition) is 4. The van der Waals surface area contributed by atoms with E-state index >= 15 is 0 Å². The number of halogens is 1. The minimum absolute atomic E-state index is 0.0404. The quantitative estimate of drug-likeness (QED) is 0.432. The summed E-state index contributed by atoms with van der Waals surface area (Å²) in [6.07, 6.45) is 3.19. The van der Waals surface area contributed by atoms with Gasteiger partial charge in [0, 0.05) is 22.5 Å². The van der Waals surface area contributed by atoms with Gasteiger partial charge in [0.25, 0.3) is 5.56 Å². The number of hydrogen-bond donors (Lipinski definition) is 1. The van der Waals surface area contributed by atoms with Gasteiger partial charge in [-0.2, -0.15) is 0 Å². The summed E-state index contributed by atoms with van der Waals surface area (Å²) in [6, 6.07) is 17.6. The fourth-order valence-corrected chi connectivity index (χ4v) is 4.37. The molecule has 7 heteroatoms. The van der Waals surface area contributed by atoms with E-state index in [1.807, 2.05) is 47.8 Å². The summed E-state index contributed by atoms with van der Waals surface area (Å²) in [5.41, 5.74) is 3.52. The molecule has 0 unspecified atom stereocenters. The molecule has 1 amide bonds. The van der Waals surface area contributed by atoms with Gasteiger partial charge in [0.05, 0.1) is 11.8 Å². The molecule has 152 valence electrons. The molecule has 2 aromatic heterocycles. The van der Waals surface area contributed by atoms with Crippen LogP contribution in [0.2, 0.25) is 5.02 Å². The molecule has 0 radical (unpaired) electrons. The lowest BCUT2D eigenvalue weighted by molar-refractivity contribution is -0.121. The summed E-state index contributed by atoms with van der Waals surface area (Å²) in [6.45, 7) is 0.527. The van der Waals surface area contributed by atoms with E-state index in [1.165, 1.54) is 27.8 Å². The number of nitrogens with zero attached hydrogens (tertiary/aromatic N) is 2. The van der Waals surface area contributed by atoms with Gasteiger partial charge < -0.3 is 5.32 Å². The fraction of sp³-hybridized carbons (Fsp3) is 0.174. The monoisotopic (exact) mass is 437 g/mol. The maximum absolute atomic E-state index is 12.8. The molecular formula is C23H20ClN3O2S. The van der Waals surface area contributed by atoms with Crippen molar-refractivity contribution in [3.63, 3.8) is 0 Å². The van der Waals surface area contributed by atoms with Crippen LogP contribution in [0.25, 0.3) is 21.3 Å². The lowest BCUT2D eigenvalue weighted by atomic mass is 10.1. The van der Waals surface area contributed by atoms with Gasteiger partial charge in [0.1, 0.15) is 11.2 Å². The van der Waals surface area contributed by atoms with Crippen molar-refractivity contribution < 1.29 is 4.79 Å². The van der Waals surface area contributed by atoms with Crippen molar-refractivity contribution in [1.29, 1.82) is 0 Å². The summed E-state index contributed by atoms with van der Waals surface area (Å²) < 4.78 is 1.90. The molecule has 0 aliphatic heterocycles. The largest absolute Gasteiger partial charge is 0.355 e. The average Bonchev–Trinajstić information content (AvgIpc) is 3.19. The highest BCUT2D eigenvalue weighted by Crippen LogP contribution is 2.31. The molecule has 0 spiro atoms. The van der Waals surface area contributed by atoms with Crippen molar-refractivity contribution in [2.75, 3.05) is 6.54 Å². The van der Waals surface area contributed by atoms with Gasteiger partial charge in [-0.3, -0.25) is 14.2 Å². The van der Waals surface area contributed by atoms with Crippen LogP contribution in [0.3, 0.4) is 0 Å². The molecule has 4 aromatic rings. The van der Waals surface area contributed by atoms with Crippen molar-refractivity contribution in [2.24, 2.45) is 0 Å². The number of rotatable bonds is 7. The number of fused-ring (bicyclic) bond motifs is 1. The first-order valence-electron chi connectivity index (χ1n) is 9.65. The number of amides is 1. The standard InChI is InChI=1S/C23H20ClN3O2S/c24-18-10-8-17(9-11-18)19-14-30-22-21(19)26-15-27(23(22)29)13-20(28)25-12-4-7-16-5-2-1-3-6-16/h1-3,5-6,8-11,14-15H,4,7,12-13H2,(H,25,28). The number of aromatic nitrogens is 2. The first-order chi connectivity index (χ1) is 14.6. The van der Waals surface area contributed by atoms with Crippen molar-refractivity contribution in [1.82, 2.24) is 14.9 Å². The van der Waals surface area contributed by atoms with Gasteiger partial charge in [-0.1, -0.05) is 54.1 Å². The average molecular weight is 438 g/mol. The van der Waals surface area contributed by atoms with E-state index in [9.17, 15) is 9.59 Å². The Morgan fingerprint density at radius 2 is 1.87 bits per heavy atom. The molecule has 2 heterocycles. The number of nitrogens with one attached hydrogen (secondary N) is 1. The van der Waals surface area contributed by atoms with E-state index in [2.05, 4.69) is 22.4 Å². The minimum atomic E-state index is -0.204. The van der Waals surface area contributed by atoms with E-state index in [4.69, 9.17) is 11.6 Å². The second-order valence-corrected chi connectivity index (χ2v) is 8.27. The zero-order valence-electron chi connectivity index (χ0n) is 16.2. The minimum Gasteiger partial charge on any atom is -0.355 e. The van der Waals surface area contributed by atoms with E-state index in [-0.39, 0.29) is 18.0 Å². The maximum Gasteiger partial charge on any atom is 0.271 e. The highest BCUT2D eigenvalue weighted by atomic mass is 35.5. The summed E-state index contributed by atoms with van der Waals surface area (Å²) in [5.74, 6) is -0.194. The lowest BCUT2D eigenvalue weighted by Crippen LogP contribution is -2.32. The molecule has 0 aliphatic carbocycles. The third-order valence-electron chi connectivity index (χ3n) is 4.82.